The Labute approximate surface area is 194 Å². The van der Waals surface area contributed by atoms with Gasteiger partial charge in [-0.25, -0.2) is 22.3 Å². The van der Waals surface area contributed by atoms with Gasteiger partial charge in [0.2, 0.25) is 10.0 Å². The largest absolute Gasteiger partial charge is 0.490 e. The Morgan fingerprint density at radius 2 is 1.97 bits per heavy atom. The van der Waals surface area contributed by atoms with E-state index >= 15 is 0 Å². The minimum atomic E-state index is -3.60. The number of hydrogen-bond donors (Lipinski definition) is 2. The fourth-order valence-electron chi connectivity index (χ4n) is 3.50. The molecule has 1 aromatic rings. The predicted molar refractivity (Wildman–Crippen MR) is 123 cm³/mol. The molecule has 0 spiro atoms. The highest BCUT2D eigenvalue weighted by molar-refractivity contribution is 7.89. The summed E-state index contributed by atoms with van der Waals surface area (Å²) >= 11 is 0. The fraction of sp³-hybridized carbons (Fsp3) is 0.565. The summed E-state index contributed by atoms with van der Waals surface area (Å²) in [5, 5.41) is 2.23. The normalized spacial score (nSPS) is 20.4. The SMILES string of the molecule is C[C@H]1C(=O)NC(=O)N1C/C=C/CCS(=O)(=O)NC1(c2ccc(F)c(OCC(C)(C)C)c2)CC1. The molecule has 3 rings (SSSR count). The molecule has 8 nitrogen and oxygen atoms in total. The topological polar surface area (TPSA) is 105 Å². The summed E-state index contributed by atoms with van der Waals surface area (Å²) in [6.45, 7) is 8.15. The number of rotatable bonds is 10. The molecule has 0 bridgehead atoms. The minimum absolute atomic E-state index is 0.120. The van der Waals surface area contributed by atoms with E-state index in [2.05, 4.69) is 10.0 Å². The van der Waals surface area contributed by atoms with Crippen molar-refractivity contribution in [2.75, 3.05) is 18.9 Å². The third-order valence-electron chi connectivity index (χ3n) is 5.61. The highest BCUT2D eigenvalue weighted by atomic mass is 32.2. The quantitative estimate of drug-likeness (QED) is 0.395. The number of benzene rings is 1. The summed E-state index contributed by atoms with van der Waals surface area (Å²) in [4.78, 5) is 24.5. The molecular formula is C23H32FN3O5S. The molecule has 1 aliphatic carbocycles. The Morgan fingerprint density at radius 3 is 2.55 bits per heavy atom. The van der Waals surface area contributed by atoms with Gasteiger partial charge in [0, 0.05) is 6.54 Å². The number of amides is 3. The predicted octanol–water partition coefficient (Wildman–Crippen LogP) is 3.05. The van der Waals surface area contributed by atoms with Crippen LogP contribution in [-0.2, 0) is 20.4 Å². The number of allylic oxidation sites excluding steroid dienone is 1. The molecule has 1 aliphatic heterocycles. The summed E-state index contributed by atoms with van der Waals surface area (Å²) in [6, 6.07) is 3.49. The van der Waals surface area contributed by atoms with E-state index in [4.69, 9.17) is 4.74 Å². The van der Waals surface area contributed by atoms with E-state index in [1.165, 1.54) is 11.0 Å². The summed E-state index contributed by atoms with van der Waals surface area (Å²) < 4.78 is 47.9. The van der Waals surface area contributed by atoms with Crippen LogP contribution in [0.15, 0.2) is 30.4 Å². The molecule has 1 saturated heterocycles. The lowest BCUT2D eigenvalue weighted by Crippen LogP contribution is -2.36. The molecule has 1 saturated carbocycles. The zero-order valence-electron chi connectivity index (χ0n) is 19.5. The Morgan fingerprint density at radius 1 is 1.27 bits per heavy atom. The molecule has 10 heteroatoms. The lowest BCUT2D eigenvalue weighted by Gasteiger charge is -2.21. The van der Waals surface area contributed by atoms with Gasteiger partial charge in [0.1, 0.15) is 6.04 Å². The van der Waals surface area contributed by atoms with Crippen LogP contribution in [-0.4, -0.2) is 50.2 Å². The van der Waals surface area contributed by atoms with Gasteiger partial charge in [-0.1, -0.05) is 39.0 Å². The number of sulfonamides is 1. The standard InChI is InChI=1S/C23H32FN3O5S/c1-16-20(28)25-21(29)27(16)12-6-5-7-13-33(30,31)26-23(10-11-23)17-8-9-18(24)19(14-17)32-15-22(2,3)4/h5-6,8-9,14,16,26H,7,10-13,15H2,1-4H3,(H,25,28,29)/b6-5+/t16-/m0/s1. The van der Waals surface area contributed by atoms with Crippen LogP contribution < -0.4 is 14.8 Å². The van der Waals surface area contributed by atoms with Gasteiger partial charge in [-0.2, -0.15) is 0 Å². The maximum absolute atomic E-state index is 14.2. The van der Waals surface area contributed by atoms with Crippen molar-refractivity contribution in [2.24, 2.45) is 5.41 Å². The lowest BCUT2D eigenvalue weighted by atomic mass is 9.98. The number of carbonyl (C=O) groups excluding carboxylic acids is 2. The zero-order chi connectivity index (χ0) is 24.4. The van der Waals surface area contributed by atoms with E-state index in [1.807, 2.05) is 20.8 Å². The zero-order valence-corrected chi connectivity index (χ0v) is 20.3. The number of halogens is 1. The molecule has 3 amide bonds. The van der Waals surface area contributed by atoms with Gasteiger partial charge >= 0.3 is 6.03 Å². The van der Waals surface area contributed by atoms with Crippen LogP contribution in [0.5, 0.6) is 5.75 Å². The number of urea groups is 1. The highest BCUT2D eigenvalue weighted by Crippen LogP contribution is 2.47. The van der Waals surface area contributed by atoms with Crippen molar-refractivity contribution in [1.29, 1.82) is 0 Å². The van der Waals surface area contributed by atoms with E-state index in [0.29, 0.717) is 25.0 Å². The maximum Gasteiger partial charge on any atom is 0.325 e. The Kier molecular flexibility index (Phi) is 7.18. The van der Waals surface area contributed by atoms with Gasteiger partial charge in [-0.05, 0) is 49.3 Å². The molecule has 0 radical (unpaired) electrons. The molecule has 2 N–H and O–H groups in total. The number of nitrogens with zero attached hydrogens (tertiary/aromatic N) is 1. The molecule has 1 aromatic carbocycles. The molecule has 0 aromatic heterocycles. The first-order valence-electron chi connectivity index (χ1n) is 11.0. The van der Waals surface area contributed by atoms with E-state index in [1.54, 1.807) is 31.2 Å². The third kappa shape index (κ3) is 6.54. The summed E-state index contributed by atoms with van der Waals surface area (Å²) in [5.74, 6) is -0.827. The van der Waals surface area contributed by atoms with E-state index in [9.17, 15) is 22.4 Å². The van der Waals surface area contributed by atoms with Crippen molar-refractivity contribution in [3.05, 3.63) is 41.7 Å². The second kappa shape index (κ2) is 9.42. The van der Waals surface area contributed by atoms with Gasteiger partial charge in [0.25, 0.3) is 5.91 Å². The van der Waals surface area contributed by atoms with Gasteiger partial charge in [-0.3, -0.25) is 10.1 Å². The van der Waals surface area contributed by atoms with Crippen molar-refractivity contribution < 1.29 is 27.1 Å². The molecular weight excluding hydrogens is 449 g/mol. The Hall–Kier alpha value is -2.46. The van der Waals surface area contributed by atoms with Crippen molar-refractivity contribution >= 4 is 22.0 Å². The highest BCUT2D eigenvalue weighted by Gasteiger charge is 2.47. The van der Waals surface area contributed by atoms with Crippen molar-refractivity contribution in [2.45, 2.75) is 58.5 Å². The Bertz CT molecular complexity index is 1040. The minimum Gasteiger partial charge on any atom is -0.490 e. The van der Waals surface area contributed by atoms with Gasteiger partial charge < -0.3 is 9.64 Å². The summed E-state index contributed by atoms with van der Waals surface area (Å²) in [5.41, 5.74) is -0.189. The molecule has 1 atom stereocenters. The fourth-order valence-corrected chi connectivity index (χ4v) is 4.96. The monoisotopic (exact) mass is 481 g/mol. The number of imide groups is 1. The van der Waals surface area contributed by atoms with E-state index < -0.39 is 33.5 Å². The molecule has 0 unspecified atom stereocenters. The number of nitrogens with one attached hydrogen (secondary N) is 2. The van der Waals surface area contributed by atoms with Gasteiger partial charge in [-0.15, -0.1) is 0 Å². The molecule has 33 heavy (non-hydrogen) atoms. The van der Waals surface area contributed by atoms with Crippen LogP contribution in [0.2, 0.25) is 0 Å². The molecule has 182 valence electrons. The second-order valence-electron chi connectivity index (χ2n) is 9.88. The average Bonchev–Trinajstić information content (AvgIpc) is 3.43. The van der Waals surface area contributed by atoms with Crippen molar-refractivity contribution in [3.8, 4) is 5.75 Å². The van der Waals surface area contributed by atoms with Crippen LogP contribution >= 0.6 is 0 Å². The van der Waals surface area contributed by atoms with E-state index in [-0.39, 0.29) is 35.8 Å². The molecule has 1 heterocycles. The van der Waals surface area contributed by atoms with Crippen LogP contribution in [0.25, 0.3) is 0 Å². The van der Waals surface area contributed by atoms with Crippen LogP contribution in [0, 0.1) is 11.2 Å². The smallest absolute Gasteiger partial charge is 0.325 e. The molecule has 2 aliphatic rings. The van der Waals surface area contributed by atoms with Crippen LogP contribution in [0.3, 0.4) is 0 Å². The summed E-state index contributed by atoms with van der Waals surface area (Å²) in [7, 11) is -3.60. The van der Waals surface area contributed by atoms with Crippen molar-refractivity contribution in [1.82, 2.24) is 14.9 Å². The summed E-state index contributed by atoms with van der Waals surface area (Å²) in [6.07, 6.45) is 4.87. The first kappa shape index (κ1) is 25.2. The number of ether oxygens (including phenoxy) is 1. The first-order chi connectivity index (χ1) is 15.3. The van der Waals surface area contributed by atoms with Crippen molar-refractivity contribution in [3.63, 3.8) is 0 Å². The average molecular weight is 482 g/mol. The lowest BCUT2D eigenvalue weighted by molar-refractivity contribution is -0.120. The third-order valence-corrected chi connectivity index (χ3v) is 7.08. The van der Waals surface area contributed by atoms with Gasteiger partial charge in [0.15, 0.2) is 11.6 Å². The molecule has 2 fully saturated rings. The first-order valence-corrected chi connectivity index (χ1v) is 12.7. The number of carbonyl (C=O) groups is 2. The van der Waals surface area contributed by atoms with Crippen LogP contribution in [0.1, 0.15) is 52.5 Å². The Balaban J connectivity index is 1.56. The maximum atomic E-state index is 14.2. The second-order valence-corrected chi connectivity index (χ2v) is 11.7. The number of hydrogen-bond acceptors (Lipinski definition) is 5. The van der Waals surface area contributed by atoms with Gasteiger partial charge in [0.05, 0.1) is 17.9 Å². The van der Waals surface area contributed by atoms with E-state index in [0.717, 1.165) is 0 Å². The van der Waals surface area contributed by atoms with Crippen LogP contribution in [0.4, 0.5) is 9.18 Å².